The number of carbonyl (C=O) groups is 2. The van der Waals surface area contributed by atoms with Crippen molar-refractivity contribution in [1.29, 1.82) is 0 Å². The summed E-state index contributed by atoms with van der Waals surface area (Å²) in [5.74, 6) is -0.821. The molecule has 1 aliphatic heterocycles. The molecular formula is C26H25ClN2O6S. The van der Waals surface area contributed by atoms with Crippen LogP contribution in [0, 0.1) is 6.92 Å². The summed E-state index contributed by atoms with van der Waals surface area (Å²) in [4.78, 5) is 27.2. The van der Waals surface area contributed by atoms with Gasteiger partial charge in [-0.25, -0.2) is 13.2 Å². The van der Waals surface area contributed by atoms with E-state index in [1.54, 1.807) is 60.7 Å². The van der Waals surface area contributed by atoms with Crippen molar-refractivity contribution in [1.82, 2.24) is 4.31 Å². The highest BCUT2D eigenvalue weighted by molar-refractivity contribution is 7.89. The number of fused-ring (bicyclic) bond motifs is 1. The van der Waals surface area contributed by atoms with Crippen LogP contribution < -0.4 is 9.64 Å². The summed E-state index contributed by atoms with van der Waals surface area (Å²) in [6.07, 6.45) is -1.04. The monoisotopic (exact) mass is 528 g/mol. The van der Waals surface area contributed by atoms with Gasteiger partial charge in [0.2, 0.25) is 22.0 Å². The Morgan fingerprint density at radius 2 is 1.81 bits per heavy atom. The number of hydrogen-bond acceptors (Lipinski definition) is 6. The molecule has 188 valence electrons. The summed E-state index contributed by atoms with van der Waals surface area (Å²) >= 11 is 6.12. The molecule has 10 heteroatoms. The summed E-state index contributed by atoms with van der Waals surface area (Å²) < 4.78 is 38.9. The Morgan fingerprint density at radius 1 is 1.08 bits per heavy atom. The lowest BCUT2D eigenvalue weighted by Crippen LogP contribution is -2.50. The van der Waals surface area contributed by atoms with Gasteiger partial charge >= 0.3 is 5.97 Å². The molecule has 0 aromatic heterocycles. The number of aryl methyl sites for hydroxylation is 1. The van der Waals surface area contributed by atoms with Gasteiger partial charge in [0.15, 0.2) is 0 Å². The minimum atomic E-state index is -4.05. The zero-order valence-corrected chi connectivity index (χ0v) is 21.3. The Balaban J connectivity index is 1.69. The lowest BCUT2D eigenvalue weighted by atomic mass is 10.2. The third kappa shape index (κ3) is 5.53. The van der Waals surface area contributed by atoms with Crippen LogP contribution in [-0.2, 0) is 30.9 Å². The van der Waals surface area contributed by atoms with Gasteiger partial charge in [-0.05, 0) is 48.9 Å². The van der Waals surface area contributed by atoms with Crippen LogP contribution in [0.3, 0.4) is 0 Å². The van der Waals surface area contributed by atoms with E-state index in [0.717, 1.165) is 9.87 Å². The number of carbonyl (C=O) groups excluding carboxylic acids is 2. The van der Waals surface area contributed by atoms with Gasteiger partial charge in [0.1, 0.15) is 5.75 Å². The Hall–Kier alpha value is -3.40. The molecule has 0 fully saturated rings. The fourth-order valence-corrected chi connectivity index (χ4v) is 5.48. The molecule has 36 heavy (non-hydrogen) atoms. The molecule has 1 aliphatic rings. The molecule has 3 aromatic carbocycles. The van der Waals surface area contributed by atoms with E-state index in [1.807, 2.05) is 6.92 Å². The van der Waals surface area contributed by atoms with Crippen molar-refractivity contribution in [2.75, 3.05) is 25.1 Å². The zero-order valence-electron chi connectivity index (χ0n) is 19.8. The molecule has 0 N–H and O–H groups in total. The van der Waals surface area contributed by atoms with Gasteiger partial charge < -0.3 is 14.4 Å². The standard InChI is InChI=1S/C26H25ClN2O6S/c1-18-10-12-21(13-11-18)36(32,33)28(15-19-6-5-7-20(27)14-19)17-25(30)29-16-24(26(31)34-2)35-23-9-4-3-8-22(23)29/h3-14,24H,15-17H2,1-2H3/t24-/m1/s1. The number of rotatable bonds is 7. The Bertz CT molecular complexity index is 1380. The summed E-state index contributed by atoms with van der Waals surface area (Å²) in [5, 5.41) is 0.453. The summed E-state index contributed by atoms with van der Waals surface area (Å²) in [5.41, 5.74) is 1.98. The molecule has 0 saturated heterocycles. The maximum absolute atomic E-state index is 13.6. The fourth-order valence-electron chi connectivity index (χ4n) is 3.89. The number of amides is 1. The number of methoxy groups -OCH3 is 1. The highest BCUT2D eigenvalue weighted by Crippen LogP contribution is 2.34. The van der Waals surface area contributed by atoms with Crippen LogP contribution in [0.1, 0.15) is 11.1 Å². The molecule has 8 nitrogen and oxygen atoms in total. The van der Waals surface area contributed by atoms with Crippen molar-refractivity contribution in [2.45, 2.75) is 24.5 Å². The van der Waals surface area contributed by atoms with Crippen LogP contribution >= 0.6 is 11.6 Å². The second-order valence-electron chi connectivity index (χ2n) is 8.32. The number of ether oxygens (including phenoxy) is 2. The molecule has 1 heterocycles. The quantitative estimate of drug-likeness (QED) is 0.433. The normalized spacial score (nSPS) is 15.2. The number of hydrogen-bond donors (Lipinski definition) is 0. The van der Waals surface area contributed by atoms with E-state index in [9.17, 15) is 18.0 Å². The minimum absolute atomic E-state index is 0.0674. The van der Waals surface area contributed by atoms with Crippen molar-refractivity contribution >= 4 is 39.2 Å². The third-order valence-corrected chi connectivity index (χ3v) is 7.80. The van der Waals surface area contributed by atoms with Gasteiger partial charge in [-0.15, -0.1) is 0 Å². The van der Waals surface area contributed by atoms with Gasteiger partial charge in [0, 0.05) is 11.6 Å². The first kappa shape index (κ1) is 25.7. The van der Waals surface area contributed by atoms with Crippen LogP contribution in [0.4, 0.5) is 5.69 Å². The highest BCUT2D eigenvalue weighted by Gasteiger charge is 2.36. The Morgan fingerprint density at radius 3 is 2.50 bits per heavy atom. The van der Waals surface area contributed by atoms with Crippen molar-refractivity contribution in [3.05, 3.63) is 88.9 Å². The smallest absolute Gasteiger partial charge is 0.348 e. The second-order valence-corrected chi connectivity index (χ2v) is 10.7. The number of nitrogens with zero attached hydrogens (tertiary/aromatic N) is 2. The van der Waals surface area contributed by atoms with E-state index in [1.165, 1.54) is 24.1 Å². The van der Waals surface area contributed by atoms with Crippen LogP contribution in [0.15, 0.2) is 77.7 Å². The van der Waals surface area contributed by atoms with E-state index >= 15 is 0 Å². The van der Waals surface area contributed by atoms with Crippen molar-refractivity contribution in [2.24, 2.45) is 0 Å². The number of sulfonamides is 1. The molecule has 0 unspecified atom stereocenters. The molecule has 0 bridgehead atoms. The SMILES string of the molecule is COC(=O)[C@H]1CN(C(=O)CN(Cc2cccc(Cl)c2)S(=O)(=O)c2ccc(C)cc2)c2ccccc2O1. The molecule has 1 atom stereocenters. The predicted molar refractivity (Wildman–Crippen MR) is 135 cm³/mol. The van der Waals surface area contributed by atoms with E-state index < -0.39 is 34.5 Å². The lowest BCUT2D eigenvalue weighted by Gasteiger charge is -2.34. The topological polar surface area (TPSA) is 93.2 Å². The predicted octanol–water partition coefficient (Wildman–Crippen LogP) is 3.81. The van der Waals surface area contributed by atoms with E-state index in [2.05, 4.69) is 0 Å². The minimum Gasteiger partial charge on any atom is -0.475 e. The number of esters is 1. The molecule has 0 radical (unpaired) electrons. The molecule has 1 amide bonds. The van der Waals surface area contributed by atoms with Gasteiger partial charge in [-0.1, -0.05) is 53.6 Å². The molecule has 4 rings (SSSR count). The van der Waals surface area contributed by atoms with Gasteiger partial charge in [0.25, 0.3) is 0 Å². The summed E-state index contributed by atoms with van der Waals surface area (Å²) in [6, 6.07) is 20.0. The van der Waals surface area contributed by atoms with Crippen molar-refractivity contribution in [3.8, 4) is 5.75 Å². The first-order valence-electron chi connectivity index (χ1n) is 11.1. The van der Waals surface area contributed by atoms with E-state index in [0.29, 0.717) is 22.0 Å². The molecule has 3 aromatic rings. The van der Waals surface area contributed by atoms with Gasteiger partial charge in [0.05, 0.1) is 30.8 Å². The van der Waals surface area contributed by atoms with Crippen LogP contribution in [0.2, 0.25) is 5.02 Å². The molecule has 0 saturated carbocycles. The lowest BCUT2D eigenvalue weighted by molar-refractivity contribution is -0.148. The number of anilines is 1. The van der Waals surface area contributed by atoms with E-state index in [-0.39, 0.29) is 18.0 Å². The molecule has 0 spiro atoms. The largest absolute Gasteiger partial charge is 0.475 e. The maximum atomic E-state index is 13.6. The fraction of sp³-hybridized carbons (Fsp3) is 0.231. The average Bonchev–Trinajstić information content (AvgIpc) is 2.87. The third-order valence-electron chi connectivity index (χ3n) is 5.76. The van der Waals surface area contributed by atoms with Crippen LogP contribution in [-0.4, -0.2) is 50.9 Å². The Kier molecular flexibility index (Phi) is 7.63. The molecular weight excluding hydrogens is 504 g/mol. The first-order chi connectivity index (χ1) is 17.2. The summed E-state index contributed by atoms with van der Waals surface area (Å²) in [7, 11) is -2.82. The first-order valence-corrected chi connectivity index (χ1v) is 13.0. The van der Waals surface area contributed by atoms with Crippen molar-refractivity contribution < 1.29 is 27.5 Å². The molecule has 0 aliphatic carbocycles. The van der Waals surface area contributed by atoms with E-state index in [4.69, 9.17) is 21.1 Å². The van der Waals surface area contributed by atoms with Gasteiger partial charge in [-0.3, -0.25) is 4.79 Å². The van der Waals surface area contributed by atoms with Crippen LogP contribution in [0.25, 0.3) is 0 Å². The number of para-hydroxylation sites is 2. The number of halogens is 1. The average molecular weight is 529 g/mol. The zero-order chi connectivity index (χ0) is 25.9. The van der Waals surface area contributed by atoms with Gasteiger partial charge in [-0.2, -0.15) is 4.31 Å². The maximum Gasteiger partial charge on any atom is 0.348 e. The number of benzene rings is 3. The second kappa shape index (κ2) is 10.7. The Labute approximate surface area is 215 Å². The summed E-state index contributed by atoms with van der Waals surface area (Å²) in [6.45, 7) is 1.20. The van der Waals surface area contributed by atoms with Crippen LogP contribution in [0.5, 0.6) is 5.75 Å². The van der Waals surface area contributed by atoms with Crippen molar-refractivity contribution in [3.63, 3.8) is 0 Å². The highest BCUT2D eigenvalue weighted by atomic mass is 35.5.